The third kappa shape index (κ3) is 6.92. The zero-order valence-corrected chi connectivity index (χ0v) is 19.3. The lowest BCUT2D eigenvalue weighted by atomic mass is 10.1. The van der Waals surface area contributed by atoms with Crippen LogP contribution in [-0.2, 0) is 22.6 Å². The fraction of sp³-hybridized carbons (Fsp3) is 0.391. The molecule has 0 aliphatic carbocycles. The van der Waals surface area contributed by atoms with Gasteiger partial charge in [-0.15, -0.1) is 0 Å². The molecule has 0 aliphatic rings. The first kappa shape index (κ1) is 24.0. The predicted molar refractivity (Wildman–Crippen MR) is 121 cm³/mol. The van der Waals surface area contributed by atoms with E-state index in [4.69, 9.17) is 27.9 Å². The standard InChI is InChI=1S/C23H28Cl2N2O3/c1-15(2)13-26-23(29)16(3)27(14-17-5-9-20(30-4)10-6-17)22(28)11-18-7-8-19(24)12-21(18)25/h5-10,12,15-16H,11,13-14H2,1-4H3,(H,26,29)/t16-/m0/s1. The van der Waals surface area contributed by atoms with E-state index in [0.717, 1.165) is 11.3 Å². The van der Waals surface area contributed by atoms with Gasteiger partial charge in [0.1, 0.15) is 11.8 Å². The monoisotopic (exact) mass is 450 g/mol. The second-order valence-corrected chi connectivity index (χ2v) is 8.44. The predicted octanol–water partition coefficient (Wildman–Crippen LogP) is 4.73. The average Bonchev–Trinajstić information content (AvgIpc) is 2.72. The molecule has 5 nitrogen and oxygen atoms in total. The average molecular weight is 451 g/mol. The molecule has 0 aromatic heterocycles. The zero-order valence-electron chi connectivity index (χ0n) is 17.7. The normalized spacial score (nSPS) is 11.8. The molecule has 0 saturated carbocycles. The summed E-state index contributed by atoms with van der Waals surface area (Å²) in [6, 6.07) is 11.8. The van der Waals surface area contributed by atoms with Gasteiger partial charge in [-0.2, -0.15) is 0 Å². The molecule has 30 heavy (non-hydrogen) atoms. The summed E-state index contributed by atoms with van der Waals surface area (Å²) in [4.78, 5) is 27.4. The molecule has 0 fully saturated rings. The summed E-state index contributed by atoms with van der Waals surface area (Å²) >= 11 is 12.2. The summed E-state index contributed by atoms with van der Waals surface area (Å²) in [6.07, 6.45) is 0.0773. The molecule has 2 aromatic carbocycles. The molecule has 162 valence electrons. The Labute approximate surface area is 188 Å². The summed E-state index contributed by atoms with van der Waals surface area (Å²) in [5.74, 6) is 0.669. The fourth-order valence-electron chi connectivity index (χ4n) is 2.89. The summed E-state index contributed by atoms with van der Waals surface area (Å²) in [7, 11) is 1.60. The number of ether oxygens (including phenoxy) is 1. The number of hydrogen-bond acceptors (Lipinski definition) is 3. The summed E-state index contributed by atoms with van der Waals surface area (Å²) in [5.41, 5.74) is 1.57. The number of halogens is 2. The van der Waals surface area contributed by atoms with Gasteiger partial charge in [0.15, 0.2) is 0 Å². The third-order valence-corrected chi connectivity index (χ3v) is 5.31. The van der Waals surface area contributed by atoms with Gasteiger partial charge in [-0.3, -0.25) is 9.59 Å². The van der Waals surface area contributed by atoms with E-state index in [1.54, 1.807) is 37.1 Å². The number of amides is 2. The molecule has 0 radical (unpaired) electrons. The lowest BCUT2D eigenvalue weighted by molar-refractivity contribution is -0.140. The van der Waals surface area contributed by atoms with Crippen LogP contribution < -0.4 is 10.1 Å². The molecular weight excluding hydrogens is 423 g/mol. The van der Waals surface area contributed by atoms with Crippen molar-refractivity contribution < 1.29 is 14.3 Å². The molecule has 0 heterocycles. The first-order chi connectivity index (χ1) is 14.2. The first-order valence-electron chi connectivity index (χ1n) is 9.85. The minimum absolute atomic E-state index is 0.0773. The van der Waals surface area contributed by atoms with E-state index >= 15 is 0 Å². The van der Waals surface area contributed by atoms with E-state index in [2.05, 4.69) is 5.32 Å². The van der Waals surface area contributed by atoms with Crippen LogP contribution in [-0.4, -0.2) is 36.4 Å². The lowest BCUT2D eigenvalue weighted by Crippen LogP contribution is -2.48. The molecule has 2 rings (SSSR count). The van der Waals surface area contributed by atoms with E-state index in [1.165, 1.54) is 0 Å². The van der Waals surface area contributed by atoms with Gasteiger partial charge >= 0.3 is 0 Å². The van der Waals surface area contributed by atoms with Gasteiger partial charge in [-0.1, -0.05) is 55.2 Å². The van der Waals surface area contributed by atoms with Gasteiger partial charge in [0.25, 0.3) is 0 Å². The van der Waals surface area contributed by atoms with Gasteiger partial charge in [0.05, 0.1) is 13.5 Å². The molecule has 0 aliphatic heterocycles. The van der Waals surface area contributed by atoms with Crippen molar-refractivity contribution in [3.8, 4) is 5.75 Å². The summed E-state index contributed by atoms with van der Waals surface area (Å²) < 4.78 is 5.19. The van der Waals surface area contributed by atoms with Crippen LogP contribution in [0.25, 0.3) is 0 Å². The Morgan fingerprint density at radius 1 is 1.07 bits per heavy atom. The Bertz CT molecular complexity index is 869. The van der Waals surface area contributed by atoms with Gasteiger partial charge in [0.2, 0.25) is 11.8 Å². The van der Waals surface area contributed by atoms with E-state index in [0.29, 0.717) is 34.6 Å². The number of hydrogen-bond donors (Lipinski definition) is 1. The zero-order chi connectivity index (χ0) is 22.3. The smallest absolute Gasteiger partial charge is 0.242 e. The highest BCUT2D eigenvalue weighted by Crippen LogP contribution is 2.23. The third-order valence-electron chi connectivity index (χ3n) is 4.72. The second-order valence-electron chi connectivity index (χ2n) is 7.60. The topological polar surface area (TPSA) is 58.6 Å². The van der Waals surface area contributed by atoms with Crippen molar-refractivity contribution in [1.29, 1.82) is 0 Å². The van der Waals surface area contributed by atoms with E-state index in [1.807, 2.05) is 38.1 Å². The molecule has 0 bridgehead atoms. The maximum Gasteiger partial charge on any atom is 0.242 e. The molecule has 2 aromatic rings. The van der Waals surface area contributed by atoms with Crippen LogP contribution in [0.4, 0.5) is 0 Å². The highest BCUT2D eigenvalue weighted by Gasteiger charge is 2.26. The van der Waals surface area contributed by atoms with Gasteiger partial charge in [-0.25, -0.2) is 0 Å². The summed E-state index contributed by atoms with van der Waals surface area (Å²) in [5, 5.41) is 3.84. The number of benzene rings is 2. The lowest BCUT2D eigenvalue weighted by Gasteiger charge is -2.29. The number of rotatable bonds is 9. The molecule has 0 spiro atoms. The number of nitrogens with zero attached hydrogens (tertiary/aromatic N) is 1. The molecule has 1 atom stereocenters. The highest BCUT2D eigenvalue weighted by molar-refractivity contribution is 6.35. The molecule has 0 saturated heterocycles. The molecule has 2 amide bonds. The van der Waals surface area contributed by atoms with Crippen LogP contribution in [0, 0.1) is 5.92 Å². The first-order valence-corrected chi connectivity index (χ1v) is 10.6. The Morgan fingerprint density at radius 3 is 2.30 bits per heavy atom. The van der Waals surface area contributed by atoms with Gasteiger partial charge < -0.3 is 15.0 Å². The number of nitrogens with one attached hydrogen (secondary N) is 1. The molecule has 1 N–H and O–H groups in total. The maximum absolute atomic E-state index is 13.2. The van der Waals surface area contributed by atoms with Crippen molar-refractivity contribution in [2.75, 3.05) is 13.7 Å². The maximum atomic E-state index is 13.2. The van der Waals surface area contributed by atoms with Crippen LogP contribution in [0.2, 0.25) is 10.0 Å². The van der Waals surface area contributed by atoms with Crippen molar-refractivity contribution in [3.63, 3.8) is 0 Å². The van der Waals surface area contributed by atoms with E-state index in [-0.39, 0.29) is 18.2 Å². The number of carbonyl (C=O) groups excluding carboxylic acids is 2. The van der Waals surface area contributed by atoms with Crippen molar-refractivity contribution in [2.45, 2.75) is 39.8 Å². The SMILES string of the molecule is COc1ccc(CN(C(=O)Cc2ccc(Cl)cc2Cl)[C@@H](C)C(=O)NCC(C)C)cc1. The van der Waals surface area contributed by atoms with Crippen molar-refractivity contribution in [1.82, 2.24) is 10.2 Å². The van der Waals surface area contributed by atoms with Crippen LogP contribution in [0.15, 0.2) is 42.5 Å². The molecular formula is C23H28Cl2N2O3. The van der Waals surface area contributed by atoms with Crippen LogP contribution in [0.1, 0.15) is 31.9 Å². The molecule has 0 unspecified atom stereocenters. The number of carbonyl (C=O) groups is 2. The van der Waals surface area contributed by atoms with Crippen LogP contribution in [0.5, 0.6) is 5.75 Å². The highest BCUT2D eigenvalue weighted by atomic mass is 35.5. The van der Waals surface area contributed by atoms with Crippen molar-refractivity contribution in [3.05, 3.63) is 63.6 Å². The quantitative estimate of drug-likeness (QED) is 0.600. The Morgan fingerprint density at radius 2 is 1.73 bits per heavy atom. The number of methoxy groups -OCH3 is 1. The van der Waals surface area contributed by atoms with E-state index < -0.39 is 6.04 Å². The summed E-state index contributed by atoms with van der Waals surface area (Å²) in [6.45, 7) is 6.63. The van der Waals surface area contributed by atoms with E-state index in [9.17, 15) is 9.59 Å². The molecule has 7 heteroatoms. The van der Waals surface area contributed by atoms with Crippen LogP contribution >= 0.6 is 23.2 Å². The van der Waals surface area contributed by atoms with Gasteiger partial charge in [0, 0.05) is 23.1 Å². The largest absolute Gasteiger partial charge is 0.497 e. The minimum Gasteiger partial charge on any atom is -0.497 e. The van der Waals surface area contributed by atoms with Crippen LogP contribution in [0.3, 0.4) is 0 Å². The van der Waals surface area contributed by atoms with Gasteiger partial charge in [-0.05, 0) is 48.2 Å². The fourth-order valence-corrected chi connectivity index (χ4v) is 3.37. The Hall–Kier alpha value is -2.24. The van der Waals surface area contributed by atoms with Crippen molar-refractivity contribution >= 4 is 35.0 Å². The minimum atomic E-state index is -0.635. The Balaban J connectivity index is 2.23. The Kier molecular flexibility index (Phi) is 9.00. The second kappa shape index (κ2) is 11.2. The van der Waals surface area contributed by atoms with Crippen molar-refractivity contribution in [2.24, 2.45) is 5.92 Å².